The molecule has 8 nitrogen and oxygen atoms in total. The lowest BCUT2D eigenvalue weighted by Crippen LogP contribution is -2.35. The van der Waals surface area contributed by atoms with Crippen LogP contribution in [0.25, 0.3) is 0 Å². The Bertz CT molecular complexity index is 913. The summed E-state index contributed by atoms with van der Waals surface area (Å²) in [4.78, 5) is 26.9. The molecule has 0 saturated carbocycles. The molecule has 144 valence electrons. The van der Waals surface area contributed by atoms with Crippen molar-refractivity contribution >= 4 is 21.9 Å². The number of halogens is 1. The molecule has 1 aromatic carbocycles. The minimum Gasteiger partial charge on any atom is -0.459 e. The third kappa shape index (κ3) is 5.56. The third-order valence-electron chi connectivity index (χ3n) is 3.53. The lowest BCUT2D eigenvalue weighted by atomic mass is 10.1. The molecule has 1 unspecified atom stereocenters. The maximum atomic E-state index is 13.0. The second-order valence-electron chi connectivity index (χ2n) is 5.52. The highest BCUT2D eigenvalue weighted by molar-refractivity contribution is 7.90. The molecule has 0 spiro atoms. The quantitative estimate of drug-likeness (QED) is 0.671. The van der Waals surface area contributed by atoms with Crippen molar-refractivity contribution in [3.63, 3.8) is 0 Å². The van der Waals surface area contributed by atoms with Crippen molar-refractivity contribution in [3.8, 4) is 0 Å². The lowest BCUT2D eigenvalue weighted by Gasteiger charge is -2.16. The normalized spacial score (nSPS) is 12.3. The number of aliphatic hydroxyl groups is 1. The second-order valence-corrected chi connectivity index (χ2v) is 7.38. The summed E-state index contributed by atoms with van der Waals surface area (Å²) in [5, 5.41) is 7.98. The van der Waals surface area contributed by atoms with Crippen molar-refractivity contribution in [2.75, 3.05) is 6.61 Å². The fourth-order valence-electron chi connectivity index (χ4n) is 2.14. The van der Waals surface area contributed by atoms with E-state index in [0.29, 0.717) is 5.69 Å². The summed E-state index contributed by atoms with van der Waals surface area (Å²) in [6.07, 6.45) is 1.13. The number of carbonyl (C=O) groups is 2. The SMILES string of the molecule is CC(=O)OCc1ccc(C(=O)NS(=O)(=O)C(CO)c2ccc(F)cc2)cn1. The van der Waals surface area contributed by atoms with Gasteiger partial charge in [-0.2, -0.15) is 0 Å². The first kappa shape index (κ1) is 20.5. The van der Waals surface area contributed by atoms with Gasteiger partial charge >= 0.3 is 5.97 Å². The molecule has 2 aromatic rings. The van der Waals surface area contributed by atoms with Crippen molar-refractivity contribution in [2.45, 2.75) is 18.8 Å². The molecule has 0 aliphatic heterocycles. The first-order chi connectivity index (χ1) is 12.7. The summed E-state index contributed by atoms with van der Waals surface area (Å²) in [5.41, 5.74) is 0.471. The van der Waals surface area contributed by atoms with Gasteiger partial charge in [0.2, 0.25) is 10.0 Å². The van der Waals surface area contributed by atoms with Gasteiger partial charge in [0.15, 0.2) is 0 Å². The van der Waals surface area contributed by atoms with E-state index in [9.17, 15) is 27.5 Å². The number of pyridine rings is 1. The van der Waals surface area contributed by atoms with E-state index in [1.165, 1.54) is 31.2 Å². The van der Waals surface area contributed by atoms with Crippen LogP contribution in [0.5, 0.6) is 0 Å². The van der Waals surface area contributed by atoms with Crippen LogP contribution in [0.15, 0.2) is 42.6 Å². The summed E-state index contributed by atoms with van der Waals surface area (Å²) < 4.78 is 44.4. The zero-order valence-corrected chi connectivity index (χ0v) is 15.1. The van der Waals surface area contributed by atoms with Crippen LogP contribution in [0.2, 0.25) is 0 Å². The Morgan fingerprint density at radius 1 is 1.22 bits per heavy atom. The molecule has 0 aliphatic rings. The van der Waals surface area contributed by atoms with Crippen LogP contribution in [-0.2, 0) is 26.2 Å². The molecule has 1 heterocycles. The van der Waals surface area contributed by atoms with Crippen molar-refractivity contribution in [1.29, 1.82) is 0 Å². The molecule has 0 saturated heterocycles. The average Bonchev–Trinajstić information content (AvgIpc) is 2.62. The molecule has 10 heteroatoms. The van der Waals surface area contributed by atoms with Gasteiger partial charge < -0.3 is 9.84 Å². The van der Waals surface area contributed by atoms with E-state index >= 15 is 0 Å². The molecule has 2 N–H and O–H groups in total. The van der Waals surface area contributed by atoms with Gasteiger partial charge in [0.1, 0.15) is 17.7 Å². The number of hydrogen-bond acceptors (Lipinski definition) is 7. The molecule has 0 radical (unpaired) electrons. The van der Waals surface area contributed by atoms with Crippen molar-refractivity contribution in [2.24, 2.45) is 0 Å². The first-order valence-electron chi connectivity index (χ1n) is 7.73. The second kappa shape index (κ2) is 8.69. The molecule has 1 atom stereocenters. The van der Waals surface area contributed by atoms with E-state index in [2.05, 4.69) is 4.98 Å². The van der Waals surface area contributed by atoms with Gasteiger partial charge in [-0.1, -0.05) is 12.1 Å². The number of benzene rings is 1. The van der Waals surface area contributed by atoms with Crippen molar-refractivity contribution in [3.05, 3.63) is 65.2 Å². The minimum absolute atomic E-state index is 0.0408. The van der Waals surface area contributed by atoms with Gasteiger partial charge in [-0.15, -0.1) is 0 Å². The zero-order valence-electron chi connectivity index (χ0n) is 14.3. The Balaban J connectivity index is 2.12. The van der Waals surface area contributed by atoms with E-state index < -0.39 is 39.6 Å². The third-order valence-corrected chi connectivity index (χ3v) is 5.17. The maximum absolute atomic E-state index is 13.0. The maximum Gasteiger partial charge on any atom is 0.303 e. The monoisotopic (exact) mass is 396 g/mol. The van der Waals surface area contributed by atoms with Crippen LogP contribution in [0, 0.1) is 5.82 Å². The molecule has 0 bridgehead atoms. The summed E-state index contributed by atoms with van der Waals surface area (Å²) in [6.45, 7) is 0.367. The topological polar surface area (TPSA) is 123 Å². The van der Waals surface area contributed by atoms with Gasteiger partial charge in [-0.25, -0.2) is 17.5 Å². The molecule has 27 heavy (non-hydrogen) atoms. The number of aromatic nitrogens is 1. The average molecular weight is 396 g/mol. The summed E-state index contributed by atoms with van der Waals surface area (Å²) in [6, 6.07) is 7.27. The lowest BCUT2D eigenvalue weighted by molar-refractivity contribution is -0.142. The van der Waals surface area contributed by atoms with Crippen LogP contribution >= 0.6 is 0 Å². The van der Waals surface area contributed by atoms with Crippen molar-refractivity contribution < 1.29 is 32.2 Å². The molecule has 0 fully saturated rings. The number of nitrogens with zero attached hydrogens (tertiary/aromatic N) is 1. The Morgan fingerprint density at radius 3 is 2.41 bits per heavy atom. The number of nitrogens with one attached hydrogen (secondary N) is 1. The summed E-state index contributed by atoms with van der Waals surface area (Å²) in [5.74, 6) is -1.99. The van der Waals surface area contributed by atoms with Gasteiger partial charge in [-0.05, 0) is 29.8 Å². The Labute approximate surface area is 155 Å². The molecular weight excluding hydrogens is 379 g/mol. The number of sulfonamides is 1. The van der Waals surface area contributed by atoms with Crippen molar-refractivity contribution in [1.82, 2.24) is 9.71 Å². The standard InChI is InChI=1S/C17H17FN2O6S/c1-11(22)26-10-15-7-4-13(8-19-15)17(23)20-27(24,25)16(9-21)12-2-5-14(18)6-3-12/h2-8,16,21H,9-10H2,1H3,(H,20,23). The van der Waals surface area contributed by atoms with Gasteiger partial charge in [0, 0.05) is 13.1 Å². The Hall–Kier alpha value is -2.85. The highest BCUT2D eigenvalue weighted by Gasteiger charge is 2.29. The van der Waals surface area contributed by atoms with Crippen LogP contribution in [0.3, 0.4) is 0 Å². The fourth-order valence-corrected chi connectivity index (χ4v) is 3.37. The van der Waals surface area contributed by atoms with E-state index in [4.69, 9.17) is 4.74 Å². The fraction of sp³-hybridized carbons (Fsp3) is 0.235. The van der Waals surface area contributed by atoms with Crippen LogP contribution < -0.4 is 4.72 Å². The van der Waals surface area contributed by atoms with Crippen LogP contribution in [0.4, 0.5) is 4.39 Å². The van der Waals surface area contributed by atoms with E-state index in [-0.39, 0.29) is 17.7 Å². The van der Waals surface area contributed by atoms with E-state index in [0.717, 1.165) is 18.3 Å². The number of esters is 1. The van der Waals surface area contributed by atoms with Gasteiger partial charge in [-0.3, -0.25) is 14.6 Å². The predicted molar refractivity (Wildman–Crippen MR) is 92.3 cm³/mol. The first-order valence-corrected chi connectivity index (χ1v) is 9.28. The summed E-state index contributed by atoms with van der Waals surface area (Å²) in [7, 11) is -4.29. The zero-order chi connectivity index (χ0) is 20.0. The Kier molecular flexibility index (Phi) is 6.59. The molecule has 0 aliphatic carbocycles. The number of rotatable bonds is 7. The smallest absolute Gasteiger partial charge is 0.303 e. The van der Waals surface area contributed by atoms with E-state index in [1.807, 2.05) is 4.72 Å². The van der Waals surface area contributed by atoms with Crippen LogP contribution in [-0.4, -0.2) is 37.0 Å². The number of ether oxygens (including phenoxy) is 1. The van der Waals surface area contributed by atoms with Crippen LogP contribution in [0.1, 0.15) is 33.8 Å². The highest BCUT2D eigenvalue weighted by Crippen LogP contribution is 2.21. The van der Waals surface area contributed by atoms with Gasteiger partial charge in [0.25, 0.3) is 5.91 Å². The molecule has 1 aromatic heterocycles. The molecule has 1 amide bonds. The molecule has 2 rings (SSSR count). The predicted octanol–water partition coefficient (Wildman–Crippen LogP) is 1.08. The summed E-state index contributed by atoms with van der Waals surface area (Å²) >= 11 is 0. The number of carbonyl (C=O) groups excluding carboxylic acids is 2. The number of hydrogen-bond donors (Lipinski definition) is 2. The number of aliphatic hydroxyl groups excluding tert-OH is 1. The van der Waals surface area contributed by atoms with Gasteiger partial charge in [0.05, 0.1) is 17.9 Å². The number of amides is 1. The minimum atomic E-state index is -4.29. The molecular formula is C17H17FN2O6S. The largest absolute Gasteiger partial charge is 0.459 e. The highest BCUT2D eigenvalue weighted by atomic mass is 32.2. The Morgan fingerprint density at radius 2 is 1.89 bits per heavy atom. The van der Waals surface area contributed by atoms with E-state index in [1.54, 1.807) is 0 Å².